The van der Waals surface area contributed by atoms with E-state index in [1.54, 1.807) is 6.07 Å². The first-order chi connectivity index (χ1) is 16.9. The SMILES string of the molecule is Cc1ccc2c(c1)Cc1c(C(=O)NCC34CC5CC(CC(C5)C3)C4)nn(-c3ccc(Cl)cc3Cl)c1-2. The molecule has 5 aliphatic carbocycles. The van der Waals surface area contributed by atoms with E-state index in [1.807, 2.05) is 16.8 Å². The molecule has 0 unspecified atom stereocenters. The third kappa shape index (κ3) is 3.55. The Balaban J connectivity index is 1.24. The third-order valence-corrected chi connectivity index (χ3v) is 9.55. The maximum absolute atomic E-state index is 13.7. The number of fused-ring (bicyclic) bond motifs is 3. The smallest absolute Gasteiger partial charge is 0.272 e. The molecule has 3 aromatic rings. The number of carbonyl (C=O) groups is 1. The van der Waals surface area contributed by atoms with Gasteiger partial charge in [-0.15, -0.1) is 0 Å². The van der Waals surface area contributed by atoms with Crippen LogP contribution in [0.2, 0.25) is 10.0 Å². The number of nitrogens with zero attached hydrogens (tertiary/aromatic N) is 2. The second kappa shape index (κ2) is 7.85. The molecule has 5 aliphatic rings. The predicted molar refractivity (Wildman–Crippen MR) is 140 cm³/mol. The summed E-state index contributed by atoms with van der Waals surface area (Å²) in [5.74, 6) is 2.54. The van der Waals surface area contributed by atoms with Gasteiger partial charge in [0.15, 0.2) is 5.69 Å². The van der Waals surface area contributed by atoms with Crippen LogP contribution in [0.4, 0.5) is 0 Å². The van der Waals surface area contributed by atoms with Gasteiger partial charge in [-0.3, -0.25) is 4.79 Å². The predicted octanol–water partition coefficient (Wildman–Crippen LogP) is 7.00. The fourth-order valence-electron chi connectivity index (χ4n) is 8.05. The quantitative estimate of drug-likeness (QED) is 0.324. The van der Waals surface area contributed by atoms with Crippen LogP contribution in [0.15, 0.2) is 36.4 Å². The number of amides is 1. The van der Waals surface area contributed by atoms with Crippen molar-refractivity contribution in [2.24, 2.45) is 23.2 Å². The molecule has 0 saturated heterocycles. The highest BCUT2D eigenvalue weighted by atomic mass is 35.5. The summed E-state index contributed by atoms with van der Waals surface area (Å²) in [5.41, 5.74) is 7.05. The van der Waals surface area contributed by atoms with Crippen LogP contribution >= 0.6 is 23.2 Å². The standard InChI is InChI=1S/C29H29Cl2N3O/c1-16-2-4-22-20(6-16)10-23-26(33-34(27(22)23)25-5-3-21(30)11-24(25)31)28(35)32-15-29-12-17-7-18(13-29)9-19(8-17)14-29/h2-6,11,17-19H,7-10,12-15H2,1H3,(H,32,35). The molecule has 1 heterocycles. The number of benzene rings is 2. The van der Waals surface area contributed by atoms with Gasteiger partial charge in [0.2, 0.25) is 0 Å². The second-order valence-corrected chi connectivity index (χ2v) is 12.5. The molecule has 180 valence electrons. The number of carbonyl (C=O) groups excluding carboxylic acids is 1. The van der Waals surface area contributed by atoms with Crippen molar-refractivity contribution in [3.8, 4) is 16.9 Å². The molecular weight excluding hydrogens is 477 g/mol. The van der Waals surface area contributed by atoms with E-state index >= 15 is 0 Å². The molecule has 0 spiro atoms. The summed E-state index contributed by atoms with van der Waals surface area (Å²) >= 11 is 12.8. The molecule has 0 radical (unpaired) electrons. The van der Waals surface area contributed by atoms with Crippen LogP contribution < -0.4 is 5.32 Å². The maximum Gasteiger partial charge on any atom is 0.272 e. The second-order valence-electron chi connectivity index (χ2n) is 11.6. The van der Waals surface area contributed by atoms with Gasteiger partial charge in [0, 0.05) is 29.1 Å². The highest BCUT2D eigenvalue weighted by molar-refractivity contribution is 6.35. The minimum atomic E-state index is -0.0645. The van der Waals surface area contributed by atoms with Gasteiger partial charge >= 0.3 is 0 Å². The molecule has 1 amide bonds. The summed E-state index contributed by atoms with van der Waals surface area (Å²) in [4.78, 5) is 13.7. The van der Waals surface area contributed by atoms with Gasteiger partial charge in [-0.1, -0.05) is 47.0 Å². The van der Waals surface area contributed by atoms with Crippen LogP contribution in [-0.4, -0.2) is 22.2 Å². The van der Waals surface area contributed by atoms with Crippen molar-refractivity contribution in [1.82, 2.24) is 15.1 Å². The van der Waals surface area contributed by atoms with Crippen LogP contribution in [0.5, 0.6) is 0 Å². The summed E-state index contributed by atoms with van der Waals surface area (Å²) in [6, 6.07) is 11.9. The largest absolute Gasteiger partial charge is 0.350 e. The molecule has 4 fully saturated rings. The lowest BCUT2D eigenvalue weighted by Gasteiger charge is -2.56. The third-order valence-electron chi connectivity index (χ3n) is 9.01. The highest BCUT2D eigenvalue weighted by Gasteiger charge is 2.50. The number of rotatable bonds is 4. The Labute approximate surface area is 216 Å². The van der Waals surface area contributed by atoms with Crippen molar-refractivity contribution in [3.63, 3.8) is 0 Å². The Bertz CT molecular complexity index is 1340. The fourth-order valence-corrected chi connectivity index (χ4v) is 8.54. The lowest BCUT2D eigenvalue weighted by Crippen LogP contribution is -2.51. The molecule has 35 heavy (non-hydrogen) atoms. The number of aromatic nitrogens is 2. The first kappa shape index (κ1) is 21.9. The Morgan fingerprint density at radius 1 is 1.06 bits per heavy atom. The van der Waals surface area contributed by atoms with E-state index in [1.165, 1.54) is 49.7 Å². The topological polar surface area (TPSA) is 46.9 Å². The van der Waals surface area contributed by atoms with E-state index in [-0.39, 0.29) is 11.3 Å². The van der Waals surface area contributed by atoms with E-state index in [2.05, 4.69) is 30.4 Å². The summed E-state index contributed by atoms with van der Waals surface area (Å²) in [6.45, 7) is 2.87. The van der Waals surface area contributed by atoms with Crippen molar-refractivity contribution in [3.05, 3.63) is 68.8 Å². The molecular formula is C29H29Cl2N3O. The minimum Gasteiger partial charge on any atom is -0.350 e. The zero-order valence-corrected chi connectivity index (χ0v) is 21.4. The van der Waals surface area contributed by atoms with Crippen molar-refractivity contribution >= 4 is 29.1 Å². The van der Waals surface area contributed by atoms with Crippen molar-refractivity contribution in [2.75, 3.05) is 6.54 Å². The van der Waals surface area contributed by atoms with Crippen LogP contribution in [0.1, 0.15) is 65.7 Å². The average molecular weight is 506 g/mol. The van der Waals surface area contributed by atoms with Crippen LogP contribution in [0.3, 0.4) is 0 Å². The maximum atomic E-state index is 13.7. The molecule has 1 aromatic heterocycles. The summed E-state index contributed by atoms with van der Waals surface area (Å²) in [7, 11) is 0. The normalized spacial score (nSPS) is 27.7. The first-order valence-corrected chi connectivity index (χ1v) is 13.6. The van der Waals surface area contributed by atoms with Gasteiger partial charge in [-0.25, -0.2) is 4.68 Å². The Kier molecular flexibility index (Phi) is 4.92. The summed E-state index contributed by atoms with van der Waals surface area (Å²) < 4.78 is 1.84. The molecule has 2 aromatic carbocycles. The van der Waals surface area contributed by atoms with Crippen molar-refractivity contribution < 1.29 is 4.79 Å². The number of aryl methyl sites for hydroxylation is 1. The van der Waals surface area contributed by atoms with Gasteiger partial charge in [0.1, 0.15) is 0 Å². The number of hydrogen-bond donors (Lipinski definition) is 1. The molecule has 4 nitrogen and oxygen atoms in total. The fraction of sp³-hybridized carbons (Fsp3) is 0.448. The minimum absolute atomic E-state index is 0.0645. The molecule has 4 saturated carbocycles. The lowest BCUT2D eigenvalue weighted by molar-refractivity contribution is -0.0503. The zero-order chi connectivity index (χ0) is 23.9. The summed E-state index contributed by atoms with van der Waals surface area (Å²) in [6.07, 6.45) is 8.75. The van der Waals surface area contributed by atoms with Crippen LogP contribution in [0, 0.1) is 30.1 Å². The van der Waals surface area contributed by atoms with Gasteiger partial charge in [-0.05, 0) is 92.4 Å². The number of halogens is 2. The van der Waals surface area contributed by atoms with E-state index in [4.69, 9.17) is 28.3 Å². The van der Waals surface area contributed by atoms with E-state index in [9.17, 15) is 4.79 Å². The average Bonchev–Trinajstić information content (AvgIpc) is 3.33. The molecule has 8 rings (SSSR count). The summed E-state index contributed by atoms with van der Waals surface area (Å²) in [5, 5.41) is 9.29. The Hall–Kier alpha value is -2.30. The molecule has 4 bridgehead atoms. The zero-order valence-electron chi connectivity index (χ0n) is 19.9. The molecule has 6 heteroatoms. The van der Waals surface area contributed by atoms with Crippen molar-refractivity contribution in [1.29, 1.82) is 0 Å². The first-order valence-electron chi connectivity index (χ1n) is 12.8. The lowest BCUT2D eigenvalue weighted by atomic mass is 9.49. The van der Waals surface area contributed by atoms with Gasteiger partial charge in [0.05, 0.1) is 16.4 Å². The molecule has 0 atom stereocenters. The van der Waals surface area contributed by atoms with E-state index in [0.29, 0.717) is 22.2 Å². The number of nitrogens with one attached hydrogen (secondary N) is 1. The van der Waals surface area contributed by atoms with Crippen LogP contribution in [-0.2, 0) is 6.42 Å². The monoisotopic (exact) mass is 505 g/mol. The molecule has 1 N–H and O–H groups in total. The van der Waals surface area contributed by atoms with Gasteiger partial charge in [0.25, 0.3) is 5.91 Å². The highest BCUT2D eigenvalue weighted by Crippen LogP contribution is 2.59. The molecule has 0 aliphatic heterocycles. The number of hydrogen-bond acceptors (Lipinski definition) is 2. The van der Waals surface area contributed by atoms with E-state index < -0.39 is 0 Å². The Morgan fingerprint density at radius 2 is 1.77 bits per heavy atom. The van der Waals surface area contributed by atoms with Crippen LogP contribution in [0.25, 0.3) is 16.9 Å². The van der Waals surface area contributed by atoms with Gasteiger partial charge < -0.3 is 5.32 Å². The van der Waals surface area contributed by atoms with E-state index in [0.717, 1.165) is 46.8 Å². The van der Waals surface area contributed by atoms with Crippen molar-refractivity contribution in [2.45, 2.75) is 51.9 Å². The Morgan fingerprint density at radius 3 is 2.46 bits per heavy atom. The van der Waals surface area contributed by atoms with Gasteiger partial charge in [-0.2, -0.15) is 5.10 Å².